The van der Waals surface area contributed by atoms with Crippen molar-refractivity contribution in [3.05, 3.63) is 60.7 Å². The van der Waals surface area contributed by atoms with Crippen molar-refractivity contribution < 1.29 is 4.12 Å². The van der Waals surface area contributed by atoms with Crippen molar-refractivity contribution in [2.24, 2.45) is 0 Å². The van der Waals surface area contributed by atoms with Crippen molar-refractivity contribution >= 4 is 58.3 Å². The van der Waals surface area contributed by atoms with Crippen LogP contribution >= 0.6 is 0 Å². The second kappa shape index (κ2) is 9.47. The van der Waals surface area contributed by atoms with Gasteiger partial charge in [0, 0.05) is 24.9 Å². The van der Waals surface area contributed by atoms with Gasteiger partial charge in [-0.2, -0.15) is 0 Å². The fourth-order valence-electron chi connectivity index (χ4n) is 5.07. The van der Waals surface area contributed by atoms with Gasteiger partial charge in [0.25, 0.3) is 0 Å². The molecule has 0 unspecified atom stereocenters. The molecule has 0 atom stereocenters. The Hall–Kier alpha value is -0.299. The van der Waals surface area contributed by atoms with E-state index in [4.69, 9.17) is 4.12 Å². The first-order valence-corrected chi connectivity index (χ1v) is 30.8. The molecule has 0 bridgehead atoms. The summed E-state index contributed by atoms with van der Waals surface area (Å²) >= 11 is 0. The molecule has 0 amide bonds. The zero-order chi connectivity index (χ0) is 20.2. The van der Waals surface area contributed by atoms with Crippen molar-refractivity contribution in [2.45, 2.75) is 52.4 Å². The Balaban J connectivity index is 2.80. The van der Waals surface area contributed by atoms with E-state index in [0.29, 0.717) is 0 Å². The Morgan fingerprint density at radius 2 is 0.852 bits per heavy atom. The molecule has 2 aromatic carbocycles. The second-order valence-corrected chi connectivity index (χ2v) is 53.8. The Labute approximate surface area is 175 Å². The lowest BCUT2D eigenvalue weighted by atomic mass is 10.4. The largest absolute Gasteiger partial charge is 0.459 e. The first-order chi connectivity index (χ1) is 12.7. The summed E-state index contributed by atoms with van der Waals surface area (Å²) in [6.45, 7) is 19.2. The molecule has 1 nitrogen and oxygen atoms in total. The normalized spacial score (nSPS) is 13.2. The summed E-state index contributed by atoms with van der Waals surface area (Å²) in [7, 11) is -5.71. The average Bonchev–Trinajstić information content (AvgIpc) is 2.63. The van der Waals surface area contributed by atoms with Crippen molar-refractivity contribution in [3.8, 4) is 0 Å². The molecule has 148 valence electrons. The number of rotatable bonds is 8. The molecule has 0 fully saturated rings. The molecule has 0 saturated carbocycles. The number of hydrogen-bond donors (Lipinski definition) is 0. The van der Waals surface area contributed by atoms with Crippen LogP contribution in [0.2, 0.25) is 52.4 Å². The minimum atomic E-state index is -2.14. The third-order valence-electron chi connectivity index (χ3n) is 6.26. The molecule has 7 heteroatoms. The molecular weight excluding hydrogens is 425 g/mol. The van der Waals surface area contributed by atoms with Crippen LogP contribution in [0.4, 0.5) is 0 Å². The van der Waals surface area contributed by atoms with E-state index in [1.54, 1.807) is 0 Å². The highest BCUT2D eigenvalue weighted by atomic mass is 29.9. The van der Waals surface area contributed by atoms with Gasteiger partial charge in [0.1, 0.15) is 6.87 Å². The highest BCUT2D eigenvalue weighted by Crippen LogP contribution is 2.25. The molecule has 2 aromatic rings. The molecule has 0 aromatic heterocycles. The van der Waals surface area contributed by atoms with Crippen LogP contribution in [0.25, 0.3) is 0 Å². The van der Waals surface area contributed by atoms with E-state index in [1.807, 2.05) is 0 Å². The van der Waals surface area contributed by atoms with E-state index >= 15 is 0 Å². The topological polar surface area (TPSA) is 9.23 Å². The first-order valence-electron chi connectivity index (χ1n) is 10.5. The maximum atomic E-state index is 7.97. The monoisotopic (exact) mass is 462 g/mol. The molecule has 0 N–H and O–H groups in total. The van der Waals surface area contributed by atoms with Crippen LogP contribution in [-0.4, -0.2) is 48.0 Å². The lowest BCUT2D eigenvalue weighted by molar-refractivity contribution is 0.621. The summed E-state index contributed by atoms with van der Waals surface area (Å²) in [5.41, 5.74) is 0. The van der Waals surface area contributed by atoms with E-state index < -0.39 is 48.0 Å². The fraction of sp³-hybridized carbons (Fsp3) is 0.400. The maximum absolute atomic E-state index is 7.97. The summed E-state index contributed by atoms with van der Waals surface area (Å²) < 4.78 is 7.97. The molecule has 2 rings (SSSR count). The van der Waals surface area contributed by atoms with E-state index in [0.717, 1.165) is 0 Å². The lowest BCUT2D eigenvalue weighted by Gasteiger charge is -2.50. The van der Waals surface area contributed by atoms with Gasteiger partial charge in [-0.3, -0.25) is 0 Å². The molecule has 27 heavy (non-hydrogen) atoms. The maximum Gasteiger partial charge on any atom is 0.224 e. The quantitative estimate of drug-likeness (QED) is 0.548. The van der Waals surface area contributed by atoms with Gasteiger partial charge < -0.3 is 4.12 Å². The van der Waals surface area contributed by atoms with Crippen molar-refractivity contribution in [1.29, 1.82) is 0 Å². The average molecular weight is 463 g/mol. The Morgan fingerprint density at radius 1 is 0.519 bits per heavy atom. The van der Waals surface area contributed by atoms with Crippen molar-refractivity contribution in [2.75, 3.05) is 0 Å². The van der Waals surface area contributed by atoms with Gasteiger partial charge in [0.2, 0.25) is 7.83 Å². The van der Waals surface area contributed by atoms with Crippen LogP contribution < -0.4 is 10.4 Å². The van der Waals surface area contributed by atoms with Crippen LogP contribution in [0.3, 0.4) is 0 Å². The van der Waals surface area contributed by atoms with Crippen LogP contribution in [-0.2, 0) is 4.12 Å². The molecule has 0 heterocycles. The highest BCUT2D eigenvalue weighted by molar-refractivity contribution is 7.78. The minimum absolute atomic E-state index is 0.828. The number of hydrogen-bond acceptors (Lipinski definition) is 1. The molecule has 0 aliphatic carbocycles. The SMILES string of the molecule is C[SiH](C)[Si](O[Si]([SiH](C)C)([SiH](C)C)[SiH](C)C)(c1ccccc1)c1ccccc1. The van der Waals surface area contributed by atoms with Crippen LogP contribution in [0, 0.1) is 0 Å². The molecule has 0 radical (unpaired) electrons. The minimum Gasteiger partial charge on any atom is -0.459 e. The van der Waals surface area contributed by atoms with Gasteiger partial charge in [-0.15, -0.1) is 0 Å². The molecule has 0 saturated heterocycles. The third kappa shape index (κ3) is 4.34. The lowest BCUT2D eigenvalue weighted by Crippen LogP contribution is -2.81. The third-order valence-corrected chi connectivity index (χ3v) is 81.8. The first kappa shape index (κ1) is 23.0. The fourth-order valence-corrected chi connectivity index (χ4v) is 91.2. The summed E-state index contributed by atoms with van der Waals surface area (Å²) in [5.74, 6) is 0. The molecule has 0 aliphatic rings. The highest BCUT2D eigenvalue weighted by Gasteiger charge is 2.54. The summed E-state index contributed by atoms with van der Waals surface area (Å²) in [6.07, 6.45) is 0. The Bertz CT molecular complexity index is 642. The zero-order valence-electron chi connectivity index (χ0n) is 18.5. The van der Waals surface area contributed by atoms with Crippen LogP contribution in [0.15, 0.2) is 60.7 Å². The Kier molecular flexibility index (Phi) is 8.06. The van der Waals surface area contributed by atoms with Crippen molar-refractivity contribution in [1.82, 2.24) is 0 Å². The zero-order valence-corrected chi connectivity index (χ0v) is 25.1. The molecular formula is C20H38OSi6. The standard InChI is InChI=1S/C20H38OSi6/c1-22(2)26(19-15-11-9-12-16-19,20-17-13-10-14-18-20)21-27(23(3)4,24(5)6)25(7)8/h9-18,22-25H,1-8H3. The second-order valence-electron chi connectivity index (χ2n) is 9.04. The van der Waals surface area contributed by atoms with Crippen LogP contribution in [0.1, 0.15) is 0 Å². The van der Waals surface area contributed by atoms with Gasteiger partial charge in [0.15, 0.2) is 0 Å². The molecule has 0 spiro atoms. The van der Waals surface area contributed by atoms with E-state index in [1.165, 1.54) is 10.4 Å². The van der Waals surface area contributed by atoms with Crippen molar-refractivity contribution in [3.63, 3.8) is 0 Å². The Morgan fingerprint density at radius 3 is 1.11 bits per heavy atom. The van der Waals surface area contributed by atoms with Gasteiger partial charge >= 0.3 is 0 Å². The predicted molar refractivity (Wildman–Crippen MR) is 140 cm³/mol. The summed E-state index contributed by atoms with van der Waals surface area (Å²) in [4.78, 5) is 0. The van der Waals surface area contributed by atoms with Gasteiger partial charge in [-0.25, -0.2) is 0 Å². The van der Waals surface area contributed by atoms with Gasteiger partial charge in [-0.1, -0.05) is 113 Å². The van der Waals surface area contributed by atoms with E-state index in [2.05, 4.69) is 113 Å². The summed E-state index contributed by atoms with van der Waals surface area (Å²) in [6, 6.07) is 22.8. The van der Waals surface area contributed by atoms with Gasteiger partial charge in [-0.05, 0) is 10.4 Å². The van der Waals surface area contributed by atoms with E-state index in [9.17, 15) is 0 Å². The predicted octanol–water partition coefficient (Wildman–Crippen LogP) is 2.97. The van der Waals surface area contributed by atoms with Gasteiger partial charge in [0.05, 0.1) is 8.31 Å². The van der Waals surface area contributed by atoms with E-state index in [-0.39, 0.29) is 0 Å². The molecule has 0 aliphatic heterocycles. The summed E-state index contributed by atoms with van der Waals surface area (Å²) in [5, 5.41) is 3.07. The number of benzene rings is 2. The smallest absolute Gasteiger partial charge is 0.224 e. The van der Waals surface area contributed by atoms with Crippen LogP contribution in [0.5, 0.6) is 0 Å².